The minimum absolute atomic E-state index is 0.0133. The van der Waals surface area contributed by atoms with Crippen LogP contribution in [0.2, 0.25) is 0 Å². The van der Waals surface area contributed by atoms with Crippen LogP contribution in [0.3, 0.4) is 0 Å². The van der Waals surface area contributed by atoms with Gasteiger partial charge in [-0.05, 0) is 57.6 Å². The zero-order chi connectivity index (χ0) is 18.1. The first-order valence-corrected chi connectivity index (χ1v) is 9.55. The summed E-state index contributed by atoms with van der Waals surface area (Å²) in [7, 11) is 0. The second kappa shape index (κ2) is 6.91. The highest BCUT2D eigenvalue weighted by Gasteiger charge is 2.41. The molecule has 2 heterocycles. The molecule has 2 aliphatic heterocycles. The van der Waals surface area contributed by atoms with Crippen molar-refractivity contribution in [2.75, 3.05) is 13.2 Å². The van der Waals surface area contributed by atoms with Crippen molar-refractivity contribution in [3.05, 3.63) is 29.3 Å². The van der Waals surface area contributed by atoms with Crippen LogP contribution in [0, 0.1) is 6.92 Å². The highest BCUT2D eigenvalue weighted by Crippen LogP contribution is 2.36. The number of carbonyl (C=O) groups excluding carboxylic acids is 2. The molecular formula is C20H26N2O4. The molecule has 6 heteroatoms. The number of carbonyl (C=O) groups is 2. The summed E-state index contributed by atoms with van der Waals surface area (Å²) >= 11 is 0. The maximum absolute atomic E-state index is 12.4. The molecule has 0 bridgehead atoms. The first-order valence-electron chi connectivity index (χ1n) is 9.55. The Hall–Kier alpha value is -2.08. The Balaban J connectivity index is 1.41. The van der Waals surface area contributed by atoms with Gasteiger partial charge in [0.2, 0.25) is 5.91 Å². The van der Waals surface area contributed by atoms with E-state index in [9.17, 15) is 9.59 Å². The third kappa shape index (κ3) is 3.43. The number of hydrogen-bond donors (Lipinski definition) is 2. The number of rotatable bonds is 2. The summed E-state index contributed by atoms with van der Waals surface area (Å²) in [5, 5.41) is 6.14. The maximum atomic E-state index is 12.4. The zero-order valence-electron chi connectivity index (χ0n) is 15.2. The van der Waals surface area contributed by atoms with E-state index in [0.717, 1.165) is 44.1 Å². The van der Waals surface area contributed by atoms with Gasteiger partial charge in [0.15, 0.2) is 0 Å². The minimum atomic E-state index is -0.388. The molecule has 1 aliphatic carbocycles. The first-order chi connectivity index (χ1) is 12.5. The fourth-order valence-electron chi connectivity index (χ4n) is 4.16. The average Bonchev–Trinajstić information content (AvgIpc) is 3.14. The molecule has 2 amide bonds. The van der Waals surface area contributed by atoms with Crippen molar-refractivity contribution in [2.45, 2.75) is 63.2 Å². The van der Waals surface area contributed by atoms with E-state index in [1.807, 2.05) is 25.1 Å². The average molecular weight is 358 g/mol. The molecule has 0 radical (unpaired) electrons. The van der Waals surface area contributed by atoms with E-state index in [0.29, 0.717) is 24.5 Å². The van der Waals surface area contributed by atoms with Gasteiger partial charge in [-0.2, -0.15) is 0 Å². The van der Waals surface area contributed by atoms with Gasteiger partial charge in [0.25, 0.3) is 5.91 Å². The van der Waals surface area contributed by atoms with Gasteiger partial charge in [0.1, 0.15) is 17.5 Å². The van der Waals surface area contributed by atoms with E-state index in [-0.39, 0.29) is 29.6 Å². The van der Waals surface area contributed by atoms with Crippen molar-refractivity contribution in [3.8, 4) is 5.75 Å². The van der Waals surface area contributed by atoms with Crippen LogP contribution < -0.4 is 15.4 Å². The van der Waals surface area contributed by atoms with E-state index >= 15 is 0 Å². The summed E-state index contributed by atoms with van der Waals surface area (Å²) < 4.78 is 11.8. The maximum Gasteiger partial charge on any atom is 0.255 e. The van der Waals surface area contributed by atoms with Gasteiger partial charge >= 0.3 is 0 Å². The third-order valence-corrected chi connectivity index (χ3v) is 5.74. The van der Waals surface area contributed by atoms with Crippen LogP contribution >= 0.6 is 0 Å². The fraction of sp³-hybridized carbons (Fsp3) is 0.600. The molecule has 1 spiro atoms. The lowest BCUT2D eigenvalue weighted by Crippen LogP contribution is -2.52. The van der Waals surface area contributed by atoms with Gasteiger partial charge in [-0.3, -0.25) is 9.59 Å². The van der Waals surface area contributed by atoms with Crippen molar-refractivity contribution < 1.29 is 19.1 Å². The topological polar surface area (TPSA) is 76.7 Å². The number of nitrogens with one attached hydrogen (secondary N) is 2. The largest absolute Gasteiger partial charge is 0.485 e. The van der Waals surface area contributed by atoms with Crippen molar-refractivity contribution in [2.24, 2.45) is 0 Å². The molecule has 1 unspecified atom stereocenters. The summed E-state index contributed by atoms with van der Waals surface area (Å²) in [6.07, 6.45) is 4.78. The quantitative estimate of drug-likeness (QED) is 0.849. The molecule has 1 atom stereocenters. The molecule has 0 aromatic heterocycles. The van der Waals surface area contributed by atoms with Gasteiger partial charge in [-0.25, -0.2) is 0 Å². The second-order valence-corrected chi connectivity index (χ2v) is 7.75. The molecular weight excluding hydrogens is 332 g/mol. The molecule has 1 saturated carbocycles. The van der Waals surface area contributed by atoms with Gasteiger partial charge in [-0.15, -0.1) is 0 Å². The van der Waals surface area contributed by atoms with Crippen LogP contribution in [-0.2, 0) is 9.53 Å². The van der Waals surface area contributed by atoms with Crippen LogP contribution in [0.15, 0.2) is 18.2 Å². The van der Waals surface area contributed by atoms with Crippen molar-refractivity contribution >= 4 is 11.8 Å². The minimum Gasteiger partial charge on any atom is -0.485 e. The summed E-state index contributed by atoms with van der Waals surface area (Å²) in [4.78, 5) is 24.6. The number of benzene rings is 1. The Bertz CT molecular complexity index is 704. The SMILES string of the molecule is Cc1ccc2c(c1)C(=O)NCC1(CCC(NC(=O)C3CCCO3)CC1)O2. The van der Waals surface area contributed by atoms with E-state index < -0.39 is 0 Å². The fourth-order valence-corrected chi connectivity index (χ4v) is 4.16. The molecule has 26 heavy (non-hydrogen) atoms. The smallest absolute Gasteiger partial charge is 0.255 e. The van der Waals surface area contributed by atoms with Crippen LogP contribution in [0.25, 0.3) is 0 Å². The zero-order valence-corrected chi connectivity index (χ0v) is 15.2. The molecule has 140 valence electrons. The van der Waals surface area contributed by atoms with Crippen molar-refractivity contribution in [1.82, 2.24) is 10.6 Å². The van der Waals surface area contributed by atoms with Gasteiger partial charge in [0, 0.05) is 12.6 Å². The standard InChI is InChI=1S/C20H26N2O4/c1-13-4-5-16-15(11-13)18(23)21-12-20(26-16)8-6-14(7-9-20)22-19(24)17-3-2-10-25-17/h4-5,11,14,17H,2-3,6-10,12H2,1H3,(H,21,23)(H,22,24). The molecule has 1 aromatic rings. The molecule has 6 nitrogen and oxygen atoms in total. The predicted octanol–water partition coefficient (Wildman–Crippen LogP) is 2.09. The summed E-state index contributed by atoms with van der Waals surface area (Å²) in [6, 6.07) is 5.88. The Morgan fingerprint density at radius 2 is 2.08 bits per heavy atom. The second-order valence-electron chi connectivity index (χ2n) is 7.75. The first kappa shape index (κ1) is 17.3. The number of amides is 2. The van der Waals surface area contributed by atoms with Gasteiger partial charge < -0.3 is 20.1 Å². The van der Waals surface area contributed by atoms with Gasteiger partial charge in [0.05, 0.1) is 12.1 Å². The van der Waals surface area contributed by atoms with Crippen LogP contribution in [-0.4, -0.2) is 42.7 Å². The summed E-state index contributed by atoms with van der Waals surface area (Å²) in [5.41, 5.74) is 1.26. The Morgan fingerprint density at radius 3 is 2.81 bits per heavy atom. The van der Waals surface area contributed by atoms with E-state index in [1.165, 1.54) is 0 Å². The molecule has 3 aliphatic rings. The normalized spacial score (nSPS) is 30.9. The van der Waals surface area contributed by atoms with E-state index in [4.69, 9.17) is 9.47 Å². The monoisotopic (exact) mass is 358 g/mol. The third-order valence-electron chi connectivity index (χ3n) is 5.74. The Labute approximate surface area is 153 Å². The van der Waals surface area contributed by atoms with Crippen molar-refractivity contribution in [1.29, 1.82) is 0 Å². The number of hydrogen-bond acceptors (Lipinski definition) is 4. The summed E-state index contributed by atoms with van der Waals surface area (Å²) in [5.74, 6) is 0.598. The lowest BCUT2D eigenvalue weighted by molar-refractivity contribution is -0.131. The lowest BCUT2D eigenvalue weighted by atomic mass is 9.81. The highest BCUT2D eigenvalue weighted by atomic mass is 16.5. The van der Waals surface area contributed by atoms with Gasteiger partial charge in [-0.1, -0.05) is 11.6 Å². The predicted molar refractivity (Wildman–Crippen MR) is 96.2 cm³/mol. The van der Waals surface area contributed by atoms with E-state index in [1.54, 1.807) is 0 Å². The number of fused-ring (bicyclic) bond motifs is 1. The lowest BCUT2D eigenvalue weighted by Gasteiger charge is -2.39. The number of aryl methyl sites for hydroxylation is 1. The highest BCUT2D eigenvalue weighted by molar-refractivity contribution is 5.97. The Morgan fingerprint density at radius 1 is 1.27 bits per heavy atom. The number of ether oxygens (including phenoxy) is 2. The molecule has 1 aromatic carbocycles. The summed E-state index contributed by atoms with van der Waals surface area (Å²) in [6.45, 7) is 3.15. The van der Waals surface area contributed by atoms with Crippen molar-refractivity contribution in [3.63, 3.8) is 0 Å². The van der Waals surface area contributed by atoms with Crippen LogP contribution in [0.1, 0.15) is 54.4 Å². The molecule has 2 fully saturated rings. The Kier molecular flexibility index (Phi) is 4.61. The molecule has 4 rings (SSSR count). The molecule has 2 N–H and O–H groups in total. The van der Waals surface area contributed by atoms with Crippen LogP contribution in [0.4, 0.5) is 0 Å². The van der Waals surface area contributed by atoms with Crippen LogP contribution in [0.5, 0.6) is 5.75 Å². The molecule has 1 saturated heterocycles. The van der Waals surface area contributed by atoms with E-state index in [2.05, 4.69) is 10.6 Å².